The SMILES string of the molecule is Cc1ccsc1CN(C)Cc1cc2n(n1)CCCN(CC1CCCNC1)C2. The Morgan fingerprint density at radius 3 is 3.00 bits per heavy atom. The van der Waals surface area contributed by atoms with E-state index in [1.807, 2.05) is 11.3 Å². The topological polar surface area (TPSA) is 36.3 Å². The molecule has 1 N–H and O–H groups in total. The average Bonchev–Trinajstić information content (AvgIpc) is 3.16. The molecular weight excluding hydrogens is 354 g/mol. The summed E-state index contributed by atoms with van der Waals surface area (Å²) in [5.74, 6) is 0.813. The number of thiophene rings is 1. The third-order valence-corrected chi connectivity index (χ3v) is 6.88. The Bertz CT molecular complexity index is 731. The Kier molecular flexibility index (Phi) is 6.28. The molecule has 4 rings (SSSR count). The van der Waals surface area contributed by atoms with Crippen molar-refractivity contribution in [2.45, 2.75) is 52.4 Å². The lowest BCUT2D eigenvalue weighted by Crippen LogP contribution is -2.38. The number of nitrogens with one attached hydrogen (secondary N) is 1. The molecule has 0 spiro atoms. The zero-order valence-corrected chi connectivity index (χ0v) is 17.6. The van der Waals surface area contributed by atoms with Crippen LogP contribution in [0.5, 0.6) is 0 Å². The fraction of sp³-hybridized carbons (Fsp3) is 0.667. The summed E-state index contributed by atoms with van der Waals surface area (Å²) in [5.41, 5.74) is 4.01. The highest BCUT2D eigenvalue weighted by molar-refractivity contribution is 7.10. The predicted molar refractivity (Wildman–Crippen MR) is 112 cm³/mol. The van der Waals surface area contributed by atoms with Gasteiger partial charge < -0.3 is 5.32 Å². The summed E-state index contributed by atoms with van der Waals surface area (Å²) in [7, 11) is 2.20. The molecule has 0 amide bonds. The monoisotopic (exact) mass is 387 g/mol. The molecule has 2 aliphatic rings. The molecule has 1 fully saturated rings. The minimum atomic E-state index is 0.813. The van der Waals surface area contributed by atoms with Crippen molar-refractivity contribution < 1.29 is 0 Å². The summed E-state index contributed by atoms with van der Waals surface area (Å²) < 4.78 is 2.26. The summed E-state index contributed by atoms with van der Waals surface area (Å²) >= 11 is 1.86. The molecule has 1 saturated heterocycles. The molecular formula is C21H33N5S. The van der Waals surface area contributed by atoms with E-state index < -0.39 is 0 Å². The van der Waals surface area contributed by atoms with Crippen LogP contribution in [0.4, 0.5) is 0 Å². The molecule has 2 aromatic rings. The molecule has 4 heterocycles. The van der Waals surface area contributed by atoms with Gasteiger partial charge in [0.25, 0.3) is 0 Å². The van der Waals surface area contributed by atoms with E-state index in [-0.39, 0.29) is 0 Å². The second-order valence-corrected chi connectivity index (χ2v) is 9.35. The number of fused-ring (bicyclic) bond motifs is 1. The van der Waals surface area contributed by atoms with Gasteiger partial charge in [-0.2, -0.15) is 5.10 Å². The zero-order valence-electron chi connectivity index (χ0n) is 16.8. The van der Waals surface area contributed by atoms with Crippen molar-refractivity contribution in [3.8, 4) is 0 Å². The van der Waals surface area contributed by atoms with Crippen molar-refractivity contribution in [2.75, 3.05) is 33.2 Å². The largest absolute Gasteiger partial charge is 0.316 e. The van der Waals surface area contributed by atoms with Crippen LogP contribution in [0, 0.1) is 12.8 Å². The molecule has 2 aromatic heterocycles. The van der Waals surface area contributed by atoms with E-state index >= 15 is 0 Å². The maximum atomic E-state index is 4.92. The average molecular weight is 388 g/mol. The van der Waals surface area contributed by atoms with Crippen LogP contribution in [0.25, 0.3) is 0 Å². The fourth-order valence-electron chi connectivity index (χ4n) is 4.41. The van der Waals surface area contributed by atoms with Gasteiger partial charge in [-0.25, -0.2) is 0 Å². The highest BCUT2D eigenvalue weighted by atomic mass is 32.1. The van der Waals surface area contributed by atoms with E-state index in [2.05, 4.69) is 51.3 Å². The van der Waals surface area contributed by atoms with Crippen molar-refractivity contribution in [3.05, 3.63) is 39.3 Å². The van der Waals surface area contributed by atoms with Crippen molar-refractivity contribution >= 4 is 11.3 Å². The smallest absolute Gasteiger partial charge is 0.0768 e. The van der Waals surface area contributed by atoms with Gasteiger partial charge in [0.15, 0.2) is 0 Å². The molecule has 1 atom stereocenters. The molecule has 2 aliphatic heterocycles. The number of hydrogen-bond donors (Lipinski definition) is 1. The first kappa shape index (κ1) is 19.1. The van der Waals surface area contributed by atoms with E-state index in [1.54, 1.807) is 0 Å². The first-order valence-electron chi connectivity index (χ1n) is 10.4. The summed E-state index contributed by atoms with van der Waals surface area (Å²) in [5, 5.41) is 10.7. The van der Waals surface area contributed by atoms with Crippen LogP contribution < -0.4 is 5.32 Å². The summed E-state index contributed by atoms with van der Waals surface area (Å²) in [6, 6.07) is 4.55. The lowest BCUT2D eigenvalue weighted by atomic mass is 9.99. The number of hydrogen-bond acceptors (Lipinski definition) is 5. The van der Waals surface area contributed by atoms with E-state index in [0.29, 0.717) is 0 Å². The van der Waals surface area contributed by atoms with Crippen molar-refractivity contribution in [2.24, 2.45) is 5.92 Å². The minimum Gasteiger partial charge on any atom is -0.316 e. The molecule has 0 aromatic carbocycles. The molecule has 0 saturated carbocycles. The van der Waals surface area contributed by atoms with Gasteiger partial charge in [-0.3, -0.25) is 14.5 Å². The van der Waals surface area contributed by atoms with Crippen LogP contribution in [-0.4, -0.2) is 52.8 Å². The number of nitrogens with zero attached hydrogens (tertiary/aromatic N) is 4. The van der Waals surface area contributed by atoms with Gasteiger partial charge in [-0.15, -0.1) is 11.3 Å². The molecule has 0 aliphatic carbocycles. The van der Waals surface area contributed by atoms with Crippen LogP contribution in [0.3, 0.4) is 0 Å². The number of rotatable bonds is 6. The Morgan fingerprint density at radius 2 is 2.22 bits per heavy atom. The standard InChI is InChI=1S/C21H33N5S/c1-17-6-10-27-21(17)16-24(2)14-19-11-20-15-25(8-4-9-26(20)23-19)13-18-5-3-7-22-12-18/h6,10-11,18,22H,3-5,7-9,12-16H2,1-2H3. The van der Waals surface area contributed by atoms with Gasteiger partial charge >= 0.3 is 0 Å². The van der Waals surface area contributed by atoms with E-state index in [9.17, 15) is 0 Å². The molecule has 5 nitrogen and oxygen atoms in total. The van der Waals surface area contributed by atoms with E-state index in [0.717, 1.165) is 32.1 Å². The molecule has 0 bridgehead atoms. The number of aryl methyl sites for hydroxylation is 2. The van der Waals surface area contributed by atoms with E-state index in [4.69, 9.17) is 5.10 Å². The molecule has 1 unspecified atom stereocenters. The highest BCUT2D eigenvalue weighted by Gasteiger charge is 2.21. The predicted octanol–water partition coefficient (Wildman–Crippen LogP) is 3.09. The van der Waals surface area contributed by atoms with E-state index in [1.165, 1.54) is 67.3 Å². The van der Waals surface area contributed by atoms with Gasteiger partial charge in [0.2, 0.25) is 0 Å². The Balaban J connectivity index is 1.35. The Morgan fingerprint density at radius 1 is 1.30 bits per heavy atom. The van der Waals surface area contributed by atoms with Crippen LogP contribution in [0.15, 0.2) is 17.5 Å². The third kappa shape index (κ3) is 4.99. The Hall–Kier alpha value is -1.21. The lowest BCUT2D eigenvalue weighted by Gasteiger charge is -2.29. The quantitative estimate of drug-likeness (QED) is 0.826. The lowest BCUT2D eigenvalue weighted by molar-refractivity contribution is 0.203. The summed E-state index contributed by atoms with van der Waals surface area (Å²) in [4.78, 5) is 6.50. The second-order valence-electron chi connectivity index (χ2n) is 8.35. The highest BCUT2D eigenvalue weighted by Crippen LogP contribution is 2.20. The number of aromatic nitrogens is 2. The third-order valence-electron chi connectivity index (χ3n) is 5.87. The molecule has 27 heavy (non-hydrogen) atoms. The van der Waals surface area contributed by atoms with Gasteiger partial charge in [-0.1, -0.05) is 0 Å². The molecule has 148 valence electrons. The van der Waals surface area contributed by atoms with Gasteiger partial charge in [0.1, 0.15) is 0 Å². The van der Waals surface area contributed by atoms with Crippen molar-refractivity contribution in [1.29, 1.82) is 0 Å². The fourth-order valence-corrected chi connectivity index (χ4v) is 5.40. The second kappa shape index (κ2) is 8.86. The summed E-state index contributed by atoms with van der Waals surface area (Å²) in [6.45, 7) is 11.1. The van der Waals surface area contributed by atoms with Gasteiger partial charge in [0, 0.05) is 44.1 Å². The van der Waals surface area contributed by atoms with Crippen molar-refractivity contribution in [1.82, 2.24) is 24.9 Å². The van der Waals surface area contributed by atoms with Crippen molar-refractivity contribution in [3.63, 3.8) is 0 Å². The minimum absolute atomic E-state index is 0.813. The summed E-state index contributed by atoms with van der Waals surface area (Å²) in [6.07, 6.45) is 3.91. The zero-order chi connectivity index (χ0) is 18.6. The first-order chi connectivity index (χ1) is 13.2. The van der Waals surface area contributed by atoms with Crippen LogP contribution in [0.2, 0.25) is 0 Å². The normalized spacial score (nSPS) is 21.4. The van der Waals surface area contributed by atoms with Crippen LogP contribution in [0.1, 0.15) is 41.1 Å². The maximum Gasteiger partial charge on any atom is 0.0768 e. The molecule has 0 radical (unpaired) electrons. The Labute approximate surface area is 167 Å². The van der Waals surface area contributed by atoms with Crippen LogP contribution >= 0.6 is 11.3 Å². The van der Waals surface area contributed by atoms with Gasteiger partial charge in [0.05, 0.1) is 11.4 Å². The van der Waals surface area contributed by atoms with Crippen LogP contribution in [-0.2, 0) is 26.2 Å². The number of piperidine rings is 1. The maximum absolute atomic E-state index is 4.92. The first-order valence-corrected chi connectivity index (χ1v) is 11.3. The van der Waals surface area contributed by atoms with Gasteiger partial charge in [-0.05, 0) is 75.3 Å². The molecule has 6 heteroatoms.